The summed E-state index contributed by atoms with van der Waals surface area (Å²) < 4.78 is 59.2. The predicted molar refractivity (Wildman–Crippen MR) is 140 cm³/mol. The van der Waals surface area contributed by atoms with Crippen LogP contribution in [0.1, 0.15) is 11.1 Å². The molecule has 0 saturated carbocycles. The van der Waals surface area contributed by atoms with Gasteiger partial charge in [0.15, 0.2) is 5.75 Å². The van der Waals surface area contributed by atoms with Gasteiger partial charge in [0.25, 0.3) is 10.1 Å². The molecule has 4 rings (SSSR count). The van der Waals surface area contributed by atoms with Crippen LogP contribution >= 0.6 is 0 Å². The van der Waals surface area contributed by atoms with Crippen LogP contribution in [0.5, 0.6) is 5.75 Å². The molecule has 14 heteroatoms. The van der Waals surface area contributed by atoms with Crippen molar-refractivity contribution in [2.45, 2.75) is 18.7 Å². The molecule has 0 aromatic heterocycles. The number of phenols is 1. The number of nitrogens with two attached hydrogens (primary N) is 1. The number of nitrogen functional groups attached to an aromatic ring is 1. The number of benzene rings is 4. The van der Waals surface area contributed by atoms with Gasteiger partial charge in [-0.25, -0.2) is 0 Å². The molecule has 0 unspecified atom stereocenters. The zero-order valence-corrected chi connectivity index (χ0v) is 21.6. The molecule has 0 aliphatic heterocycles. The highest BCUT2D eigenvalue weighted by atomic mass is 32.2. The van der Waals surface area contributed by atoms with Crippen LogP contribution in [0.2, 0.25) is 0 Å². The summed E-state index contributed by atoms with van der Waals surface area (Å²) in [4.78, 5) is -0.526. The maximum Gasteiger partial charge on any atom is 0.425 e. The third-order valence-electron chi connectivity index (χ3n) is 5.09. The first kappa shape index (κ1) is 28.0. The van der Waals surface area contributed by atoms with Gasteiger partial charge in [-0.3, -0.25) is 4.55 Å². The Labute approximate surface area is 219 Å². The number of hydrogen-bond acceptors (Lipinski definition) is 11. The molecule has 0 heterocycles. The van der Waals surface area contributed by atoms with Crippen molar-refractivity contribution < 1.29 is 30.7 Å². The summed E-state index contributed by atoms with van der Waals surface area (Å²) in [6.07, 6.45) is 0. The molecule has 0 aliphatic rings. The van der Waals surface area contributed by atoms with Gasteiger partial charge in [-0.15, -0.1) is 22.9 Å². The Hall–Kier alpha value is -4.53. The van der Waals surface area contributed by atoms with Gasteiger partial charge in [-0.2, -0.15) is 18.6 Å². The monoisotopic (exact) mass is 555 g/mol. The highest BCUT2D eigenvalue weighted by Gasteiger charge is 2.23. The first-order chi connectivity index (χ1) is 17.9. The molecule has 0 saturated heterocycles. The predicted octanol–water partition coefficient (Wildman–Crippen LogP) is 5.82. The number of fused-ring (bicyclic) bond motifs is 1. The minimum Gasteiger partial charge on any atom is -0.505 e. The Balaban J connectivity index is 0.000000934. The van der Waals surface area contributed by atoms with Crippen molar-refractivity contribution >= 4 is 59.9 Å². The molecule has 4 aromatic rings. The SMILES string of the molecule is Cc1ccc(N=Nc2c(S(=O)(=O)O)cc3ccc(N=Nc4cccc(C)c4)c(O)c3c2N)cc1.O=S(=O)=O. The second-order valence-electron chi connectivity index (χ2n) is 7.92. The fraction of sp³-hybridized carbons (Fsp3) is 0.0833. The first-order valence-electron chi connectivity index (χ1n) is 10.7. The molecule has 12 nitrogen and oxygen atoms in total. The largest absolute Gasteiger partial charge is 0.505 e. The van der Waals surface area contributed by atoms with Gasteiger partial charge in [0.05, 0.1) is 22.4 Å². The lowest BCUT2D eigenvalue weighted by Crippen LogP contribution is -2.01. The van der Waals surface area contributed by atoms with E-state index in [2.05, 4.69) is 20.5 Å². The number of anilines is 1. The first-order valence-corrected chi connectivity index (χ1v) is 13.1. The molecule has 0 atom stereocenters. The van der Waals surface area contributed by atoms with E-state index in [1.165, 1.54) is 18.2 Å². The van der Waals surface area contributed by atoms with Crippen molar-refractivity contribution in [3.8, 4) is 5.75 Å². The van der Waals surface area contributed by atoms with E-state index in [1.807, 2.05) is 44.2 Å². The van der Waals surface area contributed by atoms with Crippen LogP contribution < -0.4 is 5.73 Å². The molecule has 0 aliphatic carbocycles. The van der Waals surface area contributed by atoms with Gasteiger partial charge in [0.2, 0.25) is 0 Å². The molecule has 4 aromatic carbocycles. The lowest BCUT2D eigenvalue weighted by atomic mass is 10.1. The molecular weight excluding hydrogens is 534 g/mol. The van der Waals surface area contributed by atoms with Crippen molar-refractivity contribution in [1.82, 2.24) is 0 Å². The van der Waals surface area contributed by atoms with Gasteiger partial charge in [0.1, 0.15) is 16.3 Å². The summed E-state index contributed by atoms with van der Waals surface area (Å²) >= 11 is 0. The Morgan fingerprint density at radius 3 is 2.03 bits per heavy atom. The molecule has 0 fully saturated rings. The minimum atomic E-state index is -4.69. The average molecular weight is 556 g/mol. The lowest BCUT2D eigenvalue weighted by molar-refractivity contribution is 0.481. The van der Waals surface area contributed by atoms with Crippen molar-refractivity contribution in [3.05, 3.63) is 77.9 Å². The fourth-order valence-corrected chi connectivity index (χ4v) is 4.03. The number of nitrogens with zero attached hydrogens (tertiary/aromatic N) is 4. The molecule has 0 radical (unpaired) electrons. The van der Waals surface area contributed by atoms with E-state index in [0.717, 1.165) is 11.1 Å². The second-order valence-corrected chi connectivity index (χ2v) is 9.72. The van der Waals surface area contributed by atoms with Crippen LogP contribution in [0.3, 0.4) is 0 Å². The van der Waals surface area contributed by atoms with Crippen LogP contribution in [0.25, 0.3) is 10.8 Å². The maximum absolute atomic E-state index is 12.0. The molecule has 38 heavy (non-hydrogen) atoms. The zero-order chi connectivity index (χ0) is 28.0. The van der Waals surface area contributed by atoms with Gasteiger partial charge < -0.3 is 10.8 Å². The third-order valence-corrected chi connectivity index (χ3v) is 5.95. The average Bonchev–Trinajstić information content (AvgIpc) is 2.83. The summed E-state index contributed by atoms with van der Waals surface area (Å²) in [5.74, 6) is -0.305. The quantitative estimate of drug-likeness (QED) is 0.155. The normalized spacial score (nSPS) is 11.6. The van der Waals surface area contributed by atoms with E-state index in [1.54, 1.807) is 18.2 Å². The topological polar surface area (TPSA) is 201 Å². The maximum atomic E-state index is 12.0. The lowest BCUT2D eigenvalue weighted by Gasteiger charge is -2.12. The van der Waals surface area contributed by atoms with Gasteiger partial charge in [-0.05, 0) is 61.2 Å². The molecule has 0 bridgehead atoms. The molecule has 0 spiro atoms. The van der Waals surface area contributed by atoms with Crippen LogP contribution in [0.4, 0.5) is 28.4 Å². The van der Waals surface area contributed by atoms with Crippen LogP contribution in [-0.2, 0) is 20.7 Å². The molecular formula is C24H21N5O7S2. The van der Waals surface area contributed by atoms with Crippen molar-refractivity contribution in [1.29, 1.82) is 0 Å². The Morgan fingerprint density at radius 2 is 1.42 bits per heavy atom. The summed E-state index contributed by atoms with van der Waals surface area (Å²) in [5, 5.41) is 27.6. The summed E-state index contributed by atoms with van der Waals surface area (Å²) in [5.41, 5.74) is 8.97. The van der Waals surface area contributed by atoms with E-state index in [0.29, 0.717) is 11.4 Å². The highest BCUT2D eigenvalue weighted by molar-refractivity contribution is 7.86. The van der Waals surface area contributed by atoms with E-state index < -0.39 is 25.6 Å². The van der Waals surface area contributed by atoms with Crippen LogP contribution in [0, 0.1) is 13.8 Å². The standard InChI is InChI=1S/C24H21N5O4S.O3S/c1-14-6-9-17(10-7-14)26-29-23-20(34(31,32)33)13-16-8-11-19(24(30)21(16)22(23)25)28-27-18-5-3-4-15(2)12-18;1-4(2)3/h3-13,30H,25H2,1-2H3,(H,31,32,33);. The fourth-order valence-electron chi connectivity index (χ4n) is 3.36. The summed E-state index contributed by atoms with van der Waals surface area (Å²) in [7, 11) is -7.80. The number of aryl methyl sites for hydroxylation is 2. The third kappa shape index (κ3) is 7.03. The number of azo groups is 2. The number of aromatic hydroxyl groups is 1. The molecule has 0 amide bonds. The van der Waals surface area contributed by atoms with E-state index in [-0.39, 0.29) is 33.6 Å². The molecule has 4 N–H and O–H groups in total. The van der Waals surface area contributed by atoms with E-state index >= 15 is 0 Å². The van der Waals surface area contributed by atoms with Gasteiger partial charge >= 0.3 is 10.6 Å². The van der Waals surface area contributed by atoms with E-state index in [4.69, 9.17) is 18.4 Å². The van der Waals surface area contributed by atoms with Gasteiger partial charge in [0, 0.05) is 0 Å². The Morgan fingerprint density at radius 1 is 0.789 bits per heavy atom. The van der Waals surface area contributed by atoms with Crippen molar-refractivity contribution in [3.63, 3.8) is 0 Å². The summed E-state index contributed by atoms with van der Waals surface area (Å²) in [6, 6.07) is 18.6. The highest BCUT2D eigenvalue weighted by Crippen LogP contribution is 2.45. The minimum absolute atomic E-state index is 0.117. The van der Waals surface area contributed by atoms with Crippen LogP contribution in [0.15, 0.2) is 92.1 Å². The van der Waals surface area contributed by atoms with Crippen molar-refractivity contribution in [2.75, 3.05) is 5.73 Å². The number of phenolic OH excluding ortho intramolecular Hbond substituents is 1. The molecule has 196 valence electrons. The van der Waals surface area contributed by atoms with E-state index in [9.17, 15) is 18.1 Å². The Bertz CT molecular complexity index is 1780. The number of rotatable bonds is 5. The van der Waals surface area contributed by atoms with Crippen molar-refractivity contribution in [2.24, 2.45) is 20.5 Å². The zero-order valence-electron chi connectivity index (χ0n) is 20.0. The smallest absolute Gasteiger partial charge is 0.425 e. The Kier molecular flexibility index (Phi) is 8.62. The second kappa shape index (κ2) is 11.7. The van der Waals surface area contributed by atoms with Gasteiger partial charge in [-0.1, -0.05) is 35.9 Å². The number of hydrogen-bond donors (Lipinski definition) is 3. The summed E-state index contributed by atoms with van der Waals surface area (Å²) in [6.45, 7) is 3.84. The van der Waals surface area contributed by atoms with Crippen LogP contribution in [-0.4, -0.2) is 30.7 Å².